The Morgan fingerprint density at radius 3 is 2.08 bits per heavy atom. The molecule has 0 radical (unpaired) electrons. The van der Waals surface area contributed by atoms with Gasteiger partial charge in [0, 0.05) is 37.8 Å². The maximum atomic E-state index is 5.73. The molecule has 0 amide bonds. The molecule has 0 N–H and O–H groups in total. The molecule has 0 bridgehead atoms. The molecule has 1 unspecified atom stereocenters. The van der Waals surface area contributed by atoms with E-state index in [1.807, 2.05) is 56.4 Å². The summed E-state index contributed by atoms with van der Waals surface area (Å²) in [6.07, 6.45) is 1.81. The molecule has 0 spiro atoms. The van der Waals surface area contributed by atoms with Gasteiger partial charge >= 0.3 is 0 Å². The second-order valence-corrected chi connectivity index (χ2v) is 5.79. The van der Waals surface area contributed by atoms with E-state index in [-0.39, 0.29) is 6.10 Å². The standard InChI is InChI=1S/C21H22N2O2/c1-16(24-3)17-7-9-18(10-8-17)23(2)19-11-13-20(14-12-19)25-21-6-4-5-15-22-21/h4-16H,1-3H3. The van der Waals surface area contributed by atoms with Gasteiger partial charge in [0.15, 0.2) is 0 Å². The Bertz CT molecular complexity index is 786. The van der Waals surface area contributed by atoms with Crippen LogP contribution < -0.4 is 9.64 Å². The molecule has 3 aromatic rings. The van der Waals surface area contributed by atoms with Crippen molar-refractivity contribution < 1.29 is 9.47 Å². The SMILES string of the molecule is COC(C)c1ccc(N(C)c2ccc(Oc3ccccn3)cc2)cc1. The lowest BCUT2D eigenvalue weighted by Gasteiger charge is -2.20. The first kappa shape index (κ1) is 17.0. The molecule has 1 atom stereocenters. The Morgan fingerprint density at radius 2 is 1.52 bits per heavy atom. The normalized spacial score (nSPS) is 11.8. The number of anilines is 2. The van der Waals surface area contributed by atoms with Crippen molar-refractivity contribution >= 4 is 11.4 Å². The van der Waals surface area contributed by atoms with Gasteiger partial charge in [-0.25, -0.2) is 4.98 Å². The van der Waals surface area contributed by atoms with Crippen molar-refractivity contribution in [2.45, 2.75) is 13.0 Å². The van der Waals surface area contributed by atoms with Crippen LogP contribution in [-0.2, 0) is 4.74 Å². The largest absolute Gasteiger partial charge is 0.439 e. The van der Waals surface area contributed by atoms with Gasteiger partial charge in [-0.1, -0.05) is 18.2 Å². The van der Waals surface area contributed by atoms with Gasteiger partial charge in [-0.2, -0.15) is 0 Å². The molecule has 0 saturated heterocycles. The predicted molar refractivity (Wildman–Crippen MR) is 101 cm³/mol. The van der Waals surface area contributed by atoms with Gasteiger partial charge in [0.2, 0.25) is 5.88 Å². The maximum Gasteiger partial charge on any atom is 0.219 e. The van der Waals surface area contributed by atoms with Crippen molar-refractivity contribution in [1.29, 1.82) is 0 Å². The second kappa shape index (κ2) is 7.81. The molecule has 128 valence electrons. The fourth-order valence-electron chi connectivity index (χ4n) is 2.52. The summed E-state index contributed by atoms with van der Waals surface area (Å²) >= 11 is 0. The van der Waals surface area contributed by atoms with Crippen LogP contribution >= 0.6 is 0 Å². The molecule has 4 nitrogen and oxygen atoms in total. The van der Waals surface area contributed by atoms with Crippen LogP contribution in [0.2, 0.25) is 0 Å². The van der Waals surface area contributed by atoms with Crippen molar-refractivity contribution in [3.63, 3.8) is 0 Å². The average molecular weight is 334 g/mol. The average Bonchev–Trinajstić information content (AvgIpc) is 2.68. The first-order chi connectivity index (χ1) is 12.2. The zero-order valence-corrected chi connectivity index (χ0v) is 14.7. The van der Waals surface area contributed by atoms with E-state index < -0.39 is 0 Å². The van der Waals surface area contributed by atoms with E-state index in [1.54, 1.807) is 13.3 Å². The van der Waals surface area contributed by atoms with Crippen LogP contribution in [-0.4, -0.2) is 19.1 Å². The van der Waals surface area contributed by atoms with Crippen LogP contribution in [0.1, 0.15) is 18.6 Å². The summed E-state index contributed by atoms with van der Waals surface area (Å²) in [6.45, 7) is 2.04. The monoisotopic (exact) mass is 334 g/mol. The molecule has 0 fully saturated rings. The molecular formula is C21H22N2O2. The van der Waals surface area contributed by atoms with Crippen LogP contribution in [0.3, 0.4) is 0 Å². The summed E-state index contributed by atoms with van der Waals surface area (Å²) in [5, 5.41) is 0. The lowest BCUT2D eigenvalue weighted by molar-refractivity contribution is 0.119. The minimum absolute atomic E-state index is 0.0994. The molecule has 2 aromatic carbocycles. The van der Waals surface area contributed by atoms with Crippen molar-refractivity contribution in [2.75, 3.05) is 19.1 Å². The third kappa shape index (κ3) is 4.17. The van der Waals surface area contributed by atoms with Gasteiger partial charge in [0.05, 0.1) is 6.10 Å². The first-order valence-electron chi connectivity index (χ1n) is 8.23. The van der Waals surface area contributed by atoms with Gasteiger partial charge in [-0.05, 0) is 55.0 Å². The number of hydrogen-bond acceptors (Lipinski definition) is 4. The van der Waals surface area contributed by atoms with E-state index in [1.165, 1.54) is 5.56 Å². The lowest BCUT2D eigenvalue weighted by atomic mass is 10.1. The van der Waals surface area contributed by atoms with Crippen molar-refractivity contribution in [3.8, 4) is 11.6 Å². The predicted octanol–water partition coefficient (Wildman–Crippen LogP) is 5.35. The summed E-state index contributed by atoms with van der Waals surface area (Å²) in [4.78, 5) is 6.30. The second-order valence-electron chi connectivity index (χ2n) is 5.79. The molecule has 0 aliphatic rings. The molecule has 0 aliphatic carbocycles. The van der Waals surface area contributed by atoms with Crippen molar-refractivity contribution in [3.05, 3.63) is 78.5 Å². The number of methoxy groups -OCH3 is 1. The van der Waals surface area contributed by atoms with Crippen LogP contribution in [0.5, 0.6) is 11.6 Å². The van der Waals surface area contributed by atoms with Gasteiger partial charge in [0.1, 0.15) is 5.75 Å². The topological polar surface area (TPSA) is 34.6 Å². The smallest absolute Gasteiger partial charge is 0.219 e. The lowest BCUT2D eigenvalue weighted by Crippen LogP contribution is -2.09. The van der Waals surface area contributed by atoms with E-state index in [0.29, 0.717) is 5.88 Å². The minimum Gasteiger partial charge on any atom is -0.439 e. The highest BCUT2D eigenvalue weighted by atomic mass is 16.5. The van der Waals surface area contributed by atoms with E-state index in [0.717, 1.165) is 17.1 Å². The van der Waals surface area contributed by atoms with Crippen LogP contribution in [0, 0.1) is 0 Å². The molecule has 0 aliphatic heterocycles. The van der Waals surface area contributed by atoms with Gasteiger partial charge in [-0.15, -0.1) is 0 Å². The van der Waals surface area contributed by atoms with Crippen molar-refractivity contribution in [2.24, 2.45) is 0 Å². The zero-order chi connectivity index (χ0) is 17.6. The zero-order valence-electron chi connectivity index (χ0n) is 14.7. The van der Waals surface area contributed by atoms with Gasteiger partial charge in [-0.3, -0.25) is 0 Å². The van der Waals surface area contributed by atoms with E-state index in [9.17, 15) is 0 Å². The quantitative estimate of drug-likeness (QED) is 0.608. The number of nitrogens with zero attached hydrogens (tertiary/aromatic N) is 2. The highest BCUT2D eigenvalue weighted by Gasteiger charge is 2.07. The Morgan fingerprint density at radius 1 is 0.880 bits per heavy atom. The number of benzene rings is 2. The fraction of sp³-hybridized carbons (Fsp3) is 0.190. The fourth-order valence-corrected chi connectivity index (χ4v) is 2.52. The maximum absolute atomic E-state index is 5.73. The van der Waals surface area contributed by atoms with Crippen molar-refractivity contribution in [1.82, 2.24) is 4.98 Å². The molecule has 3 rings (SSSR count). The van der Waals surface area contributed by atoms with E-state index in [4.69, 9.17) is 9.47 Å². The number of hydrogen-bond donors (Lipinski definition) is 0. The summed E-state index contributed by atoms with van der Waals surface area (Å²) in [5.74, 6) is 1.35. The molecular weight excluding hydrogens is 312 g/mol. The molecule has 1 heterocycles. The molecule has 0 saturated carbocycles. The van der Waals surface area contributed by atoms with E-state index in [2.05, 4.69) is 34.1 Å². The summed E-state index contributed by atoms with van der Waals surface area (Å²) in [6, 6.07) is 22.0. The number of aromatic nitrogens is 1. The Kier molecular flexibility index (Phi) is 5.31. The third-order valence-electron chi connectivity index (χ3n) is 4.19. The number of pyridine rings is 1. The minimum atomic E-state index is 0.0994. The molecule has 25 heavy (non-hydrogen) atoms. The Balaban J connectivity index is 1.71. The summed E-state index contributed by atoms with van der Waals surface area (Å²) in [7, 11) is 3.77. The first-order valence-corrected chi connectivity index (χ1v) is 8.23. The van der Waals surface area contributed by atoms with Crippen LogP contribution in [0.15, 0.2) is 72.9 Å². The molecule has 4 heteroatoms. The number of rotatable bonds is 6. The van der Waals surface area contributed by atoms with E-state index >= 15 is 0 Å². The third-order valence-corrected chi connectivity index (χ3v) is 4.19. The Labute approximate surface area is 148 Å². The van der Waals surface area contributed by atoms with Crippen LogP contribution in [0.25, 0.3) is 0 Å². The highest BCUT2D eigenvalue weighted by molar-refractivity contribution is 5.63. The van der Waals surface area contributed by atoms with Gasteiger partial charge in [0.25, 0.3) is 0 Å². The summed E-state index contributed by atoms with van der Waals surface area (Å²) < 4.78 is 11.1. The van der Waals surface area contributed by atoms with Crippen LogP contribution in [0.4, 0.5) is 11.4 Å². The molecule has 1 aromatic heterocycles. The summed E-state index contributed by atoms with van der Waals surface area (Å²) in [5.41, 5.74) is 3.37. The number of ether oxygens (including phenoxy) is 2. The highest BCUT2D eigenvalue weighted by Crippen LogP contribution is 2.28. The van der Waals surface area contributed by atoms with Gasteiger partial charge < -0.3 is 14.4 Å². The Hall–Kier alpha value is -2.85.